The molecule has 1 fully saturated rings. The van der Waals surface area contributed by atoms with Crippen LogP contribution in [0, 0.1) is 0 Å². The summed E-state index contributed by atoms with van der Waals surface area (Å²) in [6.07, 6.45) is -3.13. The molecule has 1 atom stereocenters. The number of carbonyl (C=O) groups is 1. The van der Waals surface area contributed by atoms with Gasteiger partial charge in [-0.2, -0.15) is 18.2 Å². The Morgan fingerprint density at radius 1 is 1.45 bits per heavy atom. The van der Waals surface area contributed by atoms with Gasteiger partial charge < -0.3 is 15.2 Å². The minimum absolute atomic E-state index is 0.148. The predicted octanol–water partition coefficient (Wildman–Crippen LogP) is 1.99. The van der Waals surface area contributed by atoms with Gasteiger partial charge in [0.2, 0.25) is 5.89 Å². The predicted molar refractivity (Wildman–Crippen MR) is 69.3 cm³/mol. The molecule has 2 aromatic rings. The van der Waals surface area contributed by atoms with Crippen LogP contribution in [0.25, 0.3) is 0 Å². The molecule has 0 spiro atoms. The van der Waals surface area contributed by atoms with Gasteiger partial charge in [-0.1, -0.05) is 5.16 Å². The van der Waals surface area contributed by atoms with Gasteiger partial charge in [-0.05, 0) is 12.8 Å². The van der Waals surface area contributed by atoms with Crippen LogP contribution in [0.2, 0.25) is 0 Å². The van der Waals surface area contributed by atoms with Crippen LogP contribution in [-0.2, 0) is 6.18 Å². The molecule has 3 heterocycles. The van der Waals surface area contributed by atoms with Gasteiger partial charge >= 0.3 is 6.18 Å². The second-order valence-electron chi connectivity index (χ2n) is 4.68. The van der Waals surface area contributed by atoms with Crippen molar-refractivity contribution in [2.75, 3.05) is 11.4 Å². The van der Waals surface area contributed by atoms with Crippen molar-refractivity contribution >= 4 is 22.4 Å². The summed E-state index contributed by atoms with van der Waals surface area (Å²) in [6, 6.07) is -0.409. The number of hydrogen-bond donors (Lipinski definition) is 1. The van der Waals surface area contributed by atoms with Crippen molar-refractivity contribution in [3.8, 4) is 0 Å². The van der Waals surface area contributed by atoms with E-state index in [-0.39, 0.29) is 16.8 Å². The number of carbonyl (C=O) groups excluding carboxylic acids is 1. The quantitative estimate of drug-likeness (QED) is 0.922. The van der Waals surface area contributed by atoms with Crippen LogP contribution < -0.4 is 10.6 Å². The fraction of sp³-hybridized carbons (Fsp3) is 0.455. The van der Waals surface area contributed by atoms with E-state index in [1.807, 2.05) is 0 Å². The summed E-state index contributed by atoms with van der Waals surface area (Å²) in [5, 5.41) is 4.64. The smallest absolute Gasteiger partial charge is 0.363 e. The average molecular weight is 333 g/mol. The SMILES string of the molecule is NC(=O)c1noc([C@H]2CCCN2c2nc(C(F)(F)F)cs2)n1. The molecule has 0 radical (unpaired) electrons. The maximum atomic E-state index is 12.6. The highest BCUT2D eigenvalue weighted by molar-refractivity contribution is 7.13. The van der Waals surface area contributed by atoms with Gasteiger partial charge in [-0.15, -0.1) is 11.3 Å². The molecule has 1 aliphatic heterocycles. The molecular formula is C11H10F3N5O2S. The first kappa shape index (κ1) is 14.8. The summed E-state index contributed by atoms with van der Waals surface area (Å²) >= 11 is 0.899. The Kier molecular flexibility index (Phi) is 3.51. The molecule has 0 aromatic carbocycles. The molecule has 118 valence electrons. The molecule has 2 N–H and O–H groups in total. The first-order chi connectivity index (χ1) is 10.4. The monoisotopic (exact) mass is 333 g/mol. The van der Waals surface area contributed by atoms with Gasteiger partial charge in [0.15, 0.2) is 10.8 Å². The van der Waals surface area contributed by atoms with Crippen LogP contribution in [0.4, 0.5) is 18.3 Å². The standard InChI is InChI=1S/C11H10F3N5O2S/c12-11(13,14)6-4-22-10(16-6)19-3-1-2-5(19)9-17-8(7(15)20)18-21-9/h4-5H,1-3H2,(H2,15,20)/t5-/m1/s1. The van der Waals surface area contributed by atoms with Crippen molar-refractivity contribution in [2.24, 2.45) is 5.73 Å². The van der Waals surface area contributed by atoms with E-state index >= 15 is 0 Å². The maximum absolute atomic E-state index is 12.6. The number of anilines is 1. The Labute approximate surface area is 125 Å². The van der Waals surface area contributed by atoms with Crippen LogP contribution >= 0.6 is 11.3 Å². The number of aromatic nitrogens is 3. The van der Waals surface area contributed by atoms with Crippen molar-refractivity contribution in [3.05, 3.63) is 22.8 Å². The lowest BCUT2D eigenvalue weighted by Crippen LogP contribution is -2.23. The van der Waals surface area contributed by atoms with Crippen LogP contribution in [0.1, 0.15) is 41.1 Å². The first-order valence-electron chi connectivity index (χ1n) is 6.29. The molecule has 22 heavy (non-hydrogen) atoms. The number of nitrogens with two attached hydrogens (primary N) is 1. The lowest BCUT2D eigenvalue weighted by molar-refractivity contribution is -0.140. The number of primary amides is 1. The number of amides is 1. The second-order valence-corrected chi connectivity index (χ2v) is 5.52. The highest BCUT2D eigenvalue weighted by Crippen LogP contribution is 2.39. The molecule has 7 nitrogen and oxygen atoms in total. The number of nitrogens with zero attached hydrogens (tertiary/aromatic N) is 4. The van der Waals surface area contributed by atoms with E-state index in [9.17, 15) is 18.0 Å². The number of rotatable bonds is 3. The summed E-state index contributed by atoms with van der Waals surface area (Å²) in [5.41, 5.74) is 4.12. The van der Waals surface area contributed by atoms with Gasteiger partial charge in [-0.25, -0.2) is 4.98 Å². The fourth-order valence-corrected chi connectivity index (χ4v) is 3.16. The van der Waals surface area contributed by atoms with E-state index in [4.69, 9.17) is 10.3 Å². The van der Waals surface area contributed by atoms with Crippen LogP contribution in [-0.4, -0.2) is 27.6 Å². The zero-order valence-electron chi connectivity index (χ0n) is 11.0. The van der Waals surface area contributed by atoms with E-state index < -0.39 is 23.8 Å². The highest BCUT2D eigenvalue weighted by atomic mass is 32.1. The largest absolute Gasteiger partial charge is 0.434 e. The second kappa shape index (κ2) is 5.23. The molecule has 11 heteroatoms. The summed E-state index contributed by atoms with van der Waals surface area (Å²) < 4.78 is 42.9. The molecule has 0 saturated carbocycles. The Morgan fingerprint density at radius 2 is 2.23 bits per heavy atom. The fourth-order valence-electron chi connectivity index (χ4n) is 2.25. The van der Waals surface area contributed by atoms with E-state index in [0.29, 0.717) is 13.0 Å². The normalized spacial score (nSPS) is 18.9. The average Bonchev–Trinajstić information content (AvgIpc) is 3.17. The lowest BCUT2D eigenvalue weighted by Gasteiger charge is -2.20. The molecule has 0 unspecified atom stereocenters. The molecule has 0 aliphatic carbocycles. The minimum Gasteiger partial charge on any atom is -0.363 e. The van der Waals surface area contributed by atoms with E-state index in [0.717, 1.165) is 23.1 Å². The van der Waals surface area contributed by atoms with E-state index in [1.54, 1.807) is 4.90 Å². The van der Waals surface area contributed by atoms with Gasteiger partial charge in [0.1, 0.15) is 6.04 Å². The van der Waals surface area contributed by atoms with Crippen LogP contribution in [0.3, 0.4) is 0 Å². The summed E-state index contributed by atoms with van der Waals surface area (Å²) in [4.78, 5) is 20.2. The lowest BCUT2D eigenvalue weighted by atomic mass is 10.2. The van der Waals surface area contributed by atoms with Crippen molar-refractivity contribution in [3.63, 3.8) is 0 Å². The van der Waals surface area contributed by atoms with Crippen LogP contribution in [0.15, 0.2) is 9.90 Å². The Bertz CT molecular complexity index is 698. The van der Waals surface area contributed by atoms with Gasteiger partial charge in [0, 0.05) is 11.9 Å². The number of halogens is 3. The van der Waals surface area contributed by atoms with Crippen molar-refractivity contribution in [1.82, 2.24) is 15.1 Å². The van der Waals surface area contributed by atoms with E-state index in [2.05, 4.69) is 15.1 Å². The molecule has 1 amide bonds. The summed E-state index contributed by atoms with van der Waals surface area (Å²) in [6.45, 7) is 0.518. The van der Waals surface area contributed by atoms with E-state index in [1.165, 1.54) is 0 Å². The Hall–Kier alpha value is -2.17. The third-order valence-electron chi connectivity index (χ3n) is 3.23. The Morgan fingerprint density at radius 3 is 2.82 bits per heavy atom. The Balaban J connectivity index is 1.86. The first-order valence-corrected chi connectivity index (χ1v) is 7.17. The third kappa shape index (κ3) is 2.63. The molecule has 0 bridgehead atoms. The number of alkyl halides is 3. The van der Waals surface area contributed by atoms with Crippen molar-refractivity contribution in [2.45, 2.75) is 25.1 Å². The van der Waals surface area contributed by atoms with Gasteiger partial charge in [0.25, 0.3) is 11.7 Å². The highest BCUT2D eigenvalue weighted by Gasteiger charge is 2.37. The zero-order chi connectivity index (χ0) is 15.9. The van der Waals surface area contributed by atoms with Crippen molar-refractivity contribution in [1.29, 1.82) is 0 Å². The molecular weight excluding hydrogens is 323 g/mol. The number of thiazole rings is 1. The molecule has 2 aromatic heterocycles. The van der Waals surface area contributed by atoms with Crippen LogP contribution in [0.5, 0.6) is 0 Å². The molecule has 1 aliphatic rings. The maximum Gasteiger partial charge on any atom is 0.434 e. The topological polar surface area (TPSA) is 98.1 Å². The molecule has 3 rings (SSSR count). The van der Waals surface area contributed by atoms with Gasteiger partial charge in [-0.3, -0.25) is 4.79 Å². The summed E-state index contributed by atoms with van der Waals surface area (Å²) in [7, 11) is 0. The van der Waals surface area contributed by atoms with Gasteiger partial charge in [0.05, 0.1) is 0 Å². The number of hydrogen-bond acceptors (Lipinski definition) is 7. The zero-order valence-corrected chi connectivity index (χ0v) is 11.8. The minimum atomic E-state index is -4.48. The summed E-state index contributed by atoms with van der Waals surface area (Å²) in [5.74, 6) is -0.930. The third-order valence-corrected chi connectivity index (χ3v) is 4.11. The van der Waals surface area contributed by atoms with Crippen molar-refractivity contribution < 1.29 is 22.5 Å². The molecule has 1 saturated heterocycles.